The van der Waals surface area contributed by atoms with Gasteiger partial charge in [-0.3, -0.25) is 4.79 Å². The molecule has 0 aliphatic carbocycles. The zero-order valence-electron chi connectivity index (χ0n) is 15.5. The summed E-state index contributed by atoms with van der Waals surface area (Å²) in [4.78, 5) is 12.7. The third-order valence-electron chi connectivity index (χ3n) is 4.71. The maximum Gasteiger partial charge on any atom is 0.244 e. The minimum Gasteiger partial charge on any atom is -0.352 e. The van der Waals surface area contributed by atoms with E-state index in [0.717, 1.165) is 17.5 Å². The number of hydrogen-bond acceptors (Lipinski definition) is 4. The van der Waals surface area contributed by atoms with Crippen molar-refractivity contribution in [1.29, 1.82) is 0 Å². The lowest BCUT2D eigenvalue weighted by Gasteiger charge is -2.24. The Morgan fingerprint density at radius 2 is 1.78 bits per heavy atom. The molecule has 1 heterocycles. The van der Waals surface area contributed by atoms with Crippen LogP contribution in [0.4, 0.5) is 0 Å². The molecule has 3 rings (SSSR count). The number of carbonyl (C=O) groups is 1. The average Bonchev–Trinajstić information content (AvgIpc) is 3.19. The Labute approximate surface area is 165 Å². The molecule has 2 unspecified atom stereocenters. The molecule has 1 saturated heterocycles. The van der Waals surface area contributed by atoms with Crippen LogP contribution >= 0.6 is 11.8 Å². The molecule has 0 bridgehead atoms. The van der Waals surface area contributed by atoms with Gasteiger partial charge in [0.05, 0.1) is 10.8 Å². The number of rotatable bonds is 6. The van der Waals surface area contributed by atoms with Crippen molar-refractivity contribution in [2.75, 3.05) is 11.6 Å². The van der Waals surface area contributed by atoms with Crippen molar-refractivity contribution in [1.82, 2.24) is 9.62 Å². The lowest BCUT2D eigenvalue weighted by molar-refractivity contribution is -0.124. The first-order chi connectivity index (χ1) is 12.9. The van der Waals surface area contributed by atoms with Crippen molar-refractivity contribution in [3.63, 3.8) is 0 Å². The number of nitrogens with one attached hydrogen (secondary N) is 1. The molecule has 1 amide bonds. The van der Waals surface area contributed by atoms with E-state index >= 15 is 0 Å². The predicted octanol–water partition coefficient (Wildman–Crippen LogP) is 3.33. The Balaban J connectivity index is 1.82. The summed E-state index contributed by atoms with van der Waals surface area (Å²) in [5.41, 5.74) is 1.99. The molecule has 144 valence electrons. The Morgan fingerprint density at radius 3 is 2.41 bits per heavy atom. The van der Waals surface area contributed by atoms with Crippen LogP contribution < -0.4 is 5.32 Å². The number of amides is 1. The summed E-state index contributed by atoms with van der Waals surface area (Å²) in [6.07, 6.45) is 0.805. The molecule has 2 aromatic carbocycles. The molecule has 0 saturated carbocycles. The predicted molar refractivity (Wildman–Crippen MR) is 110 cm³/mol. The molecule has 7 heteroatoms. The second kappa shape index (κ2) is 8.46. The van der Waals surface area contributed by atoms with Gasteiger partial charge in [-0.2, -0.15) is 4.31 Å². The summed E-state index contributed by atoms with van der Waals surface area (Å²) < 4.78 is 27.5. The van der Waals surface area contributed by atoms with Gasteiger partial charge in [-0.05, 0) is 36.6 Å². The summed E-state index contributed by atoms with van der Waals surface area (Å²) in [6.45, 7) is 3.90. The second-order valence-electron chi connectivity index (χ2n) is 6.62. The van der Waals surface area contributed by atoms with Gasteiger partial charge in [-0.1, -0.05) is 49.4 Å². The summed E-state index contributed by atoms with van der Waals surface area (Å²) in [6, 6.07) is 16.0. The summed E-state index contributed by atoms with van der Waals surface area (Å²) in [5.74, 6) is 0.546. The van der Waals surface area contributed by atoms with Crippen LogP contribution in [0.2, 0.25) is 0 Å². The summed E-state index contributed by atoms with van der Waals surface area (Å²) in [5, 5.41) is 2.90. The third kappa shape index (κ3) is 4.36. The maximum absolute atomic E-state index is 13.1. The SMILES string of the molecule is CCC(C)NC(=O)C1CSCN1S(=O)(=O)c1ccc(-c2ccccc2)cc1. The van der Waals surface area contributed by atoms with Crippen LogP contribution in [0.3, 0.4) is 0 Å². The zero-order chi connectivity index (χ0) is 19.4. The highest BCUT2D eigenvalue weighted by molar-refractivity contribution is 8.00. The second-order valence-corrected chi connectivity index (χ2v) is 9.51. The molecule has 1 aliphatic rings. The van der Waals surface area contributed by atoms with Crippen molar-refractivity contribution in [2.45, 2.75) is 37.2 Å². The first-order valence-corrected chi connectivity index (χ1v) is 11.6. The lowest BCUT2D eigenvalue weighted by atomic mass is 10.1. The number of carbonyl (C=O) groups excluding carboxylic acids is 1. The van der Waals surface area contributed by atoms with Crippen LogP contribution in [-0.2, 0) is 14.8 Å². The van der Waals surface area contributed by atoms with E-state index in [9.17, 15) is 13.2 Å². The van der Waals surface area contributed by atoms with Gasteiger partial charge in [-0.25, -0.2) is 8.42 Å². The van der Waals surface area contributed by atoms with Gasteiger partial charge in [0.1, 0.15) is 6.04 Å². The van der Waals surface area contributed by atoms with Gasteiger partial charge in [0, 0.05) is 11.8 Å². The Kier molecular flexibility index (Phi) is 6.24. The van der Waals surface area contributed by atoms with Crippen LogP contribution in [0.1, 0.15) is 20.3 Å². The molecule has 2 aromatic rings. The van der Waals surface area contributed by atoms with E-state index in [4.69, 9.17) is 0 Å². The van der Waals surface area contributed by atoms with Gasteiger partial charge >= 0.3 is 0 Å². The average molecular weight is 405 g/mol. The van der Waals surface area contributed by atoms with E-state index in [-0.39, 0.29) is 16.8 Å². The molecule has 1 aliphatic heterocycles. The molecular weight excluding hydrogens is 380 g/mol. The highest BCUT2D eigenvalue weighted by atomic mass is 32.2. The molecule has 0 spiro atoms. The van der Waals surface area contributed by atoms with E-state index in [2.05, 4.69) is 5.32 Å². The quantitative estimate of drug-likeness (QED) is 0.802. The highest BCUT2D eigenvalue weighted by Gasteiger charge is 2.40. The largest absolute Gasteiger partial charge is 0.352 e. The number of benzene rings is 2. The Hall–Kier alpha value is -1.83. The van der Waals surface area contributed by atoms with Crippen molar-refractivity contribution in [2.24, 2.45) is 0 Å². The molecule has 5 nitrogen and oxygen atoms in total. The molecule has 1 fully saturated rings. The van der Waals surface area contributed by atoms with E-state index in [0.29, 0.717) is 11.6 Å². The Bertz CT molecular complexity index is 883. The van der Waals surface area contributed by atoms with Gasteiger partial charge in [0.15, 0.2) is 0 Å². The third-order valence-corrected chi connectivity index (χ3v) is 7.76. The molecule has 0 radical (unpaired) electrons. The smallest absolute Gasteiger partial charge is 0.244 e. The van der Waals surface area contributed by atoms with Crippen LogP contribution in [0.25, 0.3) is 11.1 Å². The fraction of sp³-hybridized carbons (Fsp3) is 0.350. The number of sulfonamides is 1. The van der Waals surface area contributed by atoms with E-state index in [1.54, 1.807) is 24.3 Å². The van der Waals surface area contributed by atoms with E-state index in [1.807, 2.05) is 44.2 Å². The summed E-state index contributed by atoms with van der Waals surface area (Å²) >= 11 is 1.46. The first kappa shape index (κ1) is 19.9. The van der Waals surface area contributed by atoms with Crippen LogP contribution in [0, 0.1) is 0 Å². The Morgan fingerprint density at radius 1 is 1.15 bits per heavy atom. The minimum atomic E-state index is -3.72. The van der Waals surface area contributed by atoms with E-state index < -0.39 is 16.1 Å². The standard InChI is InChI=1S/C20H24N2O3S2/c1-3-15(2)21-20(23)19-13-26-14-22(19)27(24,25)18-11-9-17(10-12-18)16-7-5-4-6-8-16/h4-12,15,19H,3,13-14H2,1-2H3,(H,21,23). The van der Waals surface area contributed by atoms with Crippen molar-refractivity contribution < 1.29 is 13.2 Å². The fourth-order valence-electron chi connectivity index (χ4n) is 2.90. The van der Waals surface area contributed by atoms with Crippen LogP contribution in [0.5, 0.6) is 0 Å². The van der Waals surface area contributed by atoms with Gasteiger partial charge in [0.2, 0.25) is 15.9 Å². The minimum absolute atomic E-state index is 0.0257. The lowest BCUT2D eigenvalue weighted by Crippen LogP contribution is -2.49. The number of hydrogen-bond donors (Lipinski definition) is 1. The van der Waals surface area contributed by atoms with Crippen LogP contribution in [-0.4, -0.2) is 42.3 Å². The van der Waals surface area contributed by atoms with Gasteiger partial charge in [0.25, 0.3) is 0 Å². The fourth-order valence-corrected chi connectivity index (χ4v) is 6.05. The zero-order valence-corrected chi connectivity index (χ0v) is 17.1. The van der Waals surface area contributed by atoms with E-state index in [1.165, 1.54) is 16.1 Å². The normalized spacial score (nSPS) is 19.0. The topological polar surface area (TPSA) is 66.5 Å². The molecule has 1 N–H and O–H groups in total. The molecule has 0 aromatic heterocycles. The van der Waals surface area contributed by atoms with Crippen molar-refractivity contribution in [3.8, 4) is 11.1 Å². The number of nitrogens with zero attached hydrogens (tertiary/aromatic N) is 1. The monoisotopic (exact) mass is 404 g/mol. The van der Waals surface area contributed by atoms with Gasteiger partial charge < -0.3 is 5.32 Å². The van der Waals surface area contributed by atoms with Crippen LogP contribution in [0.15, 0.2) is 59.5 Å². The molecule has 2 atom stereocenters. The molecule has 27 heavy (non-hydrogen) atoms. The highest BCUT2D eigenvalue weighted by Crippen LogP contribution is 2.29. The van der Waals surface area contributed by atoms with Gasteiger partial charge in [-0.15, -0.1) is 11.8 Å². The van der Waals surface area contributed by atoms with Crippen molar-refractivity contribution in [3.05, 3.63) is 54.6 Å². The first-order valence-electron chi connectivity index (χ1n) is 8.99. The molecular formula is C20H24N2O3S2. The number of thioether (sulfide) groups is 1. The summed E-state index contributed by atoms with van der Waals surface area (Å²) in [7, 11) is -3.72. The van der Waals surface area contributed by atoms with Crippen molar-refractivity contribution >= 4 is 27.7 Å². The maximum atomic E-state index is 13.1.